The van der Waals surface area contributed by atoms with Crippen LogP contribution in [0, 0.1) is 0 Å². The summed E-state index contributed by atoms with van der Waals surface area (Å²) in [5.41, 5.74) is 4.00. The Labute approximate surface area is 210 Å². The lowest BCUT2D eigenvalue weighted by Gasteiger charge is -2.30. The molecule has 0 radical (unpaired) electrons. The van der Waals surface area contributed by atoms with Crippen molar-refractivity contribution in [3.8, 4) is 0 Å². The Bertz CT molecular complexity index is 1240. The van der Waals surface area contributed by atoms with Crippen molar-refractivity contribution in [3.63, 3.8) is 0 Å². The molecule has 1 nitrogen and oxygen atoms in total. The van der Waals surface area contributed by atoms with E-state index in [4.69, 9.17) is 0 Å². The zero-order valence-electron chi connectivity index (χ0n) is 20.2. The summed E-state index contributed by atoms with van der Waals surface area (Å²) < 4.78 is 0. The number of para-hydroxylation sites is 1. The van der Waals surface area contributed by atoms with E-state index in [0.717, 1.165) is 12.7 Å². The summed E-state index contributed by atoms with van der Waals surface area (Å²) >= 11 is 0. The highest BCUT2D eigenvalue weighted by molar-refractivity contribution is 7.95. The van der Waals surface area contributed by atoms with Crippen molar-refractivity contribution in [2.24, 2.45) is 0 Å². The molecule has 0 unspecified atom stereocenters. The second-order valence-corrected chi connectivity index (χ2v) is 12.4. The minimum absolute atomic E-state index is 0.880. The predicted octanol–water partition coefficient (Wildman–Crippen LogP) is 6.82. The molecular weight excluding hydrogens is 441 g/mol. The quantitative estimate of drug-likeness (QED) is 0.224. The Hall–Kier alpha value is -3.67. The lowest BCUT2D eigenvalue weighted by atomic mass is 10.1. The highest BCUT2D eigenvalue weighted by atomic mass is 31.2. The van der Waals surface area contributed by atoms with Crippen LogP contribution in [-0.4, -0.2) is 7.05 Å². The van der Waals surface area contributed by atoms with Gasteiger partial charge in [0.1, 0.15) is 29.3 Å². The molecule has 0 heterocycles. The number of hydrogen-bond acceptors (Lipinski definition) is 1. The molecule has 0 atom stereocenters. The van der Waals surface area contributed by atoms with E-state index in [1.165, 1.54) is 32.7 Å². The third-order valence-electron chi connectivity index (χ3n) is 6.66. The average Bonchev–Trinajstić information content (AvgIpc) is 2.94. The van der Waals surface area contributed by atoms with Gasteiger partial charge in [-0.1, -0.05) is 103 Å². The lowest BCUT2D eigenvalue weighted by Crippen LogP contribution is -2.33. The van der Waals surface area contributed by atoms with Crippen LogP contribution in [0.3, 0.4) is 0 Å². The zero-order valence-corrected chi connectivity index (χ0v) is 21.1. The van der Waals surface area contributed by atoms with Gasteiger partial charge in [-0.05, 0) is 48.0 Å². The van der Waals surface area contributed by atoms with E-state index in [2.05, 4.69) is 158 Å². The summed E-state index contributed by atoms with van der Waals surface area (Å²) in [4.78, 5) is 2.39. The molecule has 0 amide bonds. The first-order valence-corrected chi connectivity index (χ1v) is 14.1. The van der Waals surface area contributed by atoms with Gasteiger partial charge in [-0.3, -0.25) is 0 Å². The van der Waals surface area contributed by atoms with E-state index >= 15 is 0 Å². The fourth-order valence-corrected chi connectivity index (χ4v) is 9.25. The summed E-state index contributed by atoms with van der Waals surface area (Å²) in [6.07, 6.45) is 0.973. The zero-order chi connectivity index (χ0) is 23.9. The maximum Gasteiger partial charge on any atom is 0.116 e. The maximum absolute atomic E-state index is 2.39. The van der Waals surface area contributed by atoms with Gasteiger partial charge in [0.15, 0.2) is 0 Å². The van der Waals surface area contributed by atoms with Gasteiger partial charge in [0.25, 0.3) is 0 Å². The van der Waals surface area contributed by atoms with Crippen LogP contribution in [0.25, 0.3) is 0 Å². The molecule has 0 aromatic heterocycles. The number of nitrogens with zero attached hydrogens (tertiary/aromatic N) is 1. The standard InChI is InChI=1S/C33H31NP/c1-34(26-28-16-6-2-7-17-28)33-25-15-14-18-29(33)27-35(30-19-8-3-9-20-30,31-21-10-4-11-22-31)32-23-12-5-13-24-32/h2-25H,26-27H2,1H3/q+1. The SMILES string of the molecule is CN(Cc1ccccc1)c1ccccc1C[P+](c1ccccc1)(c1ccccc1)c1ccccc1. The number of anilines is 1. The summed E-state index contributed by atoms with van der Waals surface area (Å²) in [6.45, 7) is 0.880. The van der Waals surface area contributed by atoms with Crippen molar-refractivity contribution < 1.29 is 0 Å². The summed E-state index contributed by atoms with van der Waals surface area (Å²) in [5.74, 6) is 0. The summed E-state index contributed by atoms with van der Waals surface area (Å²) in [7, 11) is 0.257. The average molecular weight is 473 g/mol. The van der Waals surface area contributed by atoms with Crippen molar-refractivity contribution in [2.75, 3.05) is 11.9 Å². The van der Waals surface area contributed by atoms with Gasteiger partial charge in [0.05, 0.1) is 0 Å². The molecule has 35 heavy (non-hydrogen) atoms. The van der Waals surface area contributed by atoms with Crippen LogP contribution in [0.4, 0.5) is 5.69 Å². The number of hydrogen-bond donors (Lipinski definition) is 0. The molecule has 0 aliphatic carbocycles. The van der Waals surface area contributed by atoms with Crippen LogP contribution in [0.2, 0.25) is 0 Å². The van der Waals surface area contributed by atoms with Crippen LogP contribution >= 0.6 is 7.26 Å². The smallest absolute Gasteiger partial charge is 0.116 e. The van der Waals surface area contributed by atoms with Gasteiger partial charge in [0.2, 0.25) is 0 Å². The topological polar surface area (TPSA) is 3.24 Å². The molecule has 0 aliphatic rings. The first kappa shape index (κ1) is 23.1. The highest BCUT2D eigenvalue weighted by Gasteiger charge is 2.45. The van der Waals surface area contributed by atoms with Gasteiger partial charge >= 0.3 is 0 Å². The fraction of sp³-hybridized carbons (Fsp3) is 0.0909. The second-order valence-electron chi connectivity index (χ2n) is 8.94. The minimum atomic E-state index is -1.95. The number of benzene rings is 5. The van der Waals surface area contributed by atoms with E-state index in [1.54, 1.807) is 0 Å². The van der Waals surface area contributed by atoms with Crippen LogP contribution in [0.1, 0.15) is 11.1 Å². The lowest BCUT2D eigenvalue weighted by molar-refractivity contribution is 0.916. The molecule has 0 bridgehead atoms. The third kappa shape index (κ3) is 4.92. The van der Waals surface area contributed by atoms with Gasteiger partial charge in [-0.25, -0.2) is 0 Å². The molecule has 5 rings (SSSR count). The largest absolute Gasteiger partial charge is 0.370 e. The second kappa shape index (κ2) is 10.7. The molecule has 0 saturated heterocycles. The molecule has 0 N–H and O–H groups in total. The number of rotatable bonds is 8. The van der Waals surface area contributed by atoms with Crippen LogP contribution < -0.4 is 20.8 Å². The van der Waals surface area contributed by atoms with Crippen molar-refractivity contribution in [1.82, 2.24) is 0 Å². The third-order valence-corrected chi connectivity index (χ3v) is 11.0. The molecule has 5 aromatic carbocycles. The van der Waals surface area contributed by atoms with Gasteiger partial charge in [-0.2, -0.15) is 0 Å². The van der Waals surface area contributed by atoms with Gasteiger partial charge in [0, 0.05) is 24.8 Å². The predicted molar refractivity (Wildman–Crippen MR) is 154 cm³/mol. The summed E-state index contributed by atoms with van der Waals surface area (Å²) in [5, 5.41) is 4.24. The minimum Gasteiger partial charge on any atom is -0.370 e. The summed E-state index contributed by atoms with van der Waals surface area (Å²) in [6, 6.07) is 53.1. The van der Waals surface area contributed by atoms with E-state index < -0.39 is 7.26 Å². The molecule has 0 spiro atoms. The molecule has 2 heteroatoms. The van der Waals surface area contributed by atoms with E-state index in [1.807, 2.05) is 0 Å². The van der Waals surface area contributed by atoms with Gasteiger partial charge < -0.3 is 4.90 Å². The highest BCUT2D eigenvalue weighted by Crippen LogP contribution is 2.58. The Morgan fingerprint density at radius 1 is 0.486 bits per heavy atom. The van der Waals surface area contributed by atoms with E-state index in [-0.39, 0.29) is 0 Å². The monoisotopic (exact) mass is 472 g/mol. The Kier molecular flexibility index (Phi) is 7.07. The first-order valence-electron chi connectivity index (χ1n) is 12.2. The fourth-order valence-electron chi connectivity index (χ4n) is 4.98. The van der Waals surface area contributed by atoms with E-state index in [9.17, 15) is 0 Å². The molecule has 5 aromatic rings. The van der Waals surface area contributed by atoms with E-state index in [0.29, 0.717) is 0 Å². The molecule has 0 aliphatic heterocycles. The van der Waals surface area contributed by atoms with Crippen molar-refractivity contribution in [3.05, 3.63) is 157 Å². The van der Waals surface area contributed by atoms with Crippen molar-refractivity contribution in [2.45, 2.75) is 12.7 Å². The maximum atomic E-state index is 2.39. The van der Waals surface area contributed by atoms with Crippen LogP contribution in [-0.2, 0) is 12.7 Å². The van der Waals surface area contributed by atoms with Crippen molar-refractivity contribution >= 4 is 28.9 Å². The van der Waals surface area contributed by atoms with Gasteiger partial charge in [-0.15, -0.1) is 0 Å². The molecule has 172 valence electrons. The van der Waals surface area contributed by atoms with Crippen LogP contribution in [0.15, 0.2) is 146 Å². The molecule has 0 saturated carbocycles. The van der Waals surface area contributed by atoms with Crippen molar-refractivity contribution in [1.29, 1.82) is 0 Å². The Balaban J connectivity index is 1.66. The normalized spacial score (nSPS) is 11.2. The Morgan fingerprint density at radius 3 is 1.37 bits per heavy atom. The van der Waals surface area contributed by atoms with Crippen LogP contribution in [0.5, 0.6) is 0 Å². The molecular formula is C33H31NP+. The Morgan fingerprint density at radius 2 is 0.886 bits per heavy atom. The first-order chi connectivity index (χ1) is 17.3. The molecule has 0 fully saturated rings.